The molecule has 1 aliphatic rings. The number of para-hydroxylation sites is 2. The first kappa shape index (κ1) is 21.0. The van der Waals surface area contributed by atoms with Gasteiger partial charge in [-0.3, -0.25) is 13.9 Å². The second-order valence-corrected chi connectivity index (χ2v) is 8.99. The topological polar surface area (TPSA) is 43.2 Å². The predicted octanol–water partition coefficient (Wildman–Crippen LogP) is 5.58. The lowest BCUT2D eigenvalue weighted by Crippen LogP contribution is -2.37. The lowest BCUT2D eigenvalue weighted by atomic mass is 10.1. The van der Waals surface area contributed by atoms with Crippen molar-refractivity contribution in [3.8, 4) is 17.3 Å². The van der Waals surface area contributed by atoms with Gasteiger partial charge in [-0.15, -0.1) is 0 Å². The molecule has 1 fully saturated rings. The first-order valence-electron chi connectivity index (χ1n) is 11.1. The number of fused-ring (bicyclic) bond motifs is 1. The summed E-state index contributed by atoms with van der Waals surface area (Å²) in [5.74, 6) is 1.79. The summed E-state index contributed by atoms with van der Waals surface area (Å²) in [4.78, 5) is 12.1. The number of pyridine rings is 1. The van der Waals surface area contributed by atoms with Crippen LogP contribution in [0.15, 0.2) is 66.9 Å². The smallest absolute Gasteiger partial charge is 0.170 e. The number of hydrogen-bond acceptors (Lipinski definition) is 5. The van der Waals surface area contributed by atoms with E-state index in [-0.39, 0.29) is 6.10 Å². The minimum atomic E-state index is 0.232. The number of ether oxygens (including phenoxy) is 1. The number of likely N-dealkylation sites (tertiary alicyclic amines) is 1. The zero-order chi connectivity index (χ0) is 21.9. The van der Waals surface area contributed by atoms with Crippen molar-refractivity contribution in [1.82, 2.24) is 18.8 Å². The van der Waals surface area contributed by atoms with E-state index in [9.17, 15) is 0 Å². The maximum Gasteiger partial charge on any atom is 0.170 e. The first-order valence-corrected chi connectivity index (χ1v) is 12.3. The Balaban J connectivity index is 1.31. The Kier molecular flexibility index (Phi) is 6.14. The Morgan fingerprint density at radius 2 is 1.75 bits per heavy atom. The monoisotopic (exact) mass is 444 g/mol. The number of rotatable bonds is 6. The highest BCUT2D eigenvalue weighted by molar-refractivity contribution is 7.97. The van der Waals surface area contributed by atoms with Crippen molar-refractivity contribution in [3.05, 3.63) is 78.0 Å². The summed E-state index contributed by atoms with van der Waals surface area (Å²) in [7, 11) is 0. The van der Waals surface area contributed by atoms with Crippen molar-refractivity contribution in [3.63, 3.8) is 0 Å². The molecular formula is C26H28N4OS. The van der Waals surface area contributed by atoms with E-state index in [0.29, 0.717) is 0 Å². The number of piperidine rings is 1. The second-order valence-electron chi connectivity index (χ2n) is 8.26. The molecule has 0 atom stereocenters. The fourth-order valence-electron chi connectivity index (χ4n) is 4.42. The van der Waals surface area contributed by atoms with Crippen LogP contribution in [-0.2, 0) is 6.54 Å². The van der Waals surface area contributed by atoms with Gasteiger partial charge >= 0.3 is 0 Å². The molecule has 1 saturated heterocycles. The van der Waals surface area contributed by atoms with Gasteiger partial charge in [-0.1, -0.05) is 42.5 Å². The van der Waals surface area contributed by atoms with Crippen LogP contribution in [0.5, 0.6) is 5.75 Å². The largest absolute Gasteiger partial charge is 0.490 e. The molecule has 0 unspecified atom stereocenters. The molecule has 0 spiro atoms. The highest BCUT2D eigenvalue weighted by atomic mass is 32.2. The molecule has 0 aliphatic carbocycles. The molecule has 2 aromatic carbocycles. The third-order valence-electron chi connectivity index (χ3n) is 6.15. The fraction of sp³-hybridized carbons (Fsp3) is 0.308. The van der Waals surface area contributed by atoms with Crippen LogP contribution in [0.2, 0.25) is 0 Å². The van der Waals surface area contributed by atoms with E-state index >= 15 is 0 Å². The molecule has 2 aromatic heterocycles. The molecular weight excluding hydrogens is 416 g/mol. The zero-order valence-corrected chi connectivity index (χ0v) is 19.4. The number of hydrogen-bond donors (Lipinski definition) is 0. The predicted molar refractivity (Wildman–Crippen MR) is 132 cm³/mol. The van der Waals surface area contributed by atoms with Gasteiger partial charge in [-0.05, 0) is 55.5 Å². The van der Waals surface area contributed by atoms with Crippen LogP contribution in [-0.4, -0.2) is 44.3 Å². The standard InChI is InChI=1S/C26H28N4OS/c1-19-24(31-21-13-16-29(17-14-21)18-20-8-4-3-5-9-20)12-15-27-25(19)26-28-22-10-6-7-11-23(22)30(26)32-2/h3-12,15,21H,13-14,16-18H2,1-2H3. The molecule has 5 nitrogen and oxygen atoms in total. The third-order valence-corrected chi connectivity index (χ3v) is 6.88. The first-order chi connectivity index (χ1) is 15.7. The molecule has 0 radical (unpaired) electrons. The Morgan fingerprint density at radius 3 is 2.53 bits per heavy atom. The maximum atomic E-state index is 6.48. The summed E-state index contributed by atoms with van der Waals surface area (Å²) in [5, 5.41) is 0. The van der Waals surface area contributed by atoms with Gasteiger partial charge < -0.3 is 4.74 Å². The van der Waals surface area contributed by atoms with Crippen molar-refractivity contribution < 1.29 is 4.74 Å². The highest BCUT2D eigenvalue weighted by Crippen LogP contribution is 2.33. The zero-order valence-electron chi connectivity index (χ0n) is 18.6. The van der Waals surface area contributed by atoms with Gasteiger partial charge in [0, 0.05) is 37.7 Å². The van der Waals surface area contributed by atoms with Crippen molar-refractivity contribution in [1.29, 1.82) is 0 Å². The van der Waals surface area contributed by atoms with Crippen LogP contribution in [0.25, 0.3) is 22.6 Å². The van der Waals surface area contributed by atoms with Gasteiger partial charge in [0.15, 0.2) is 5.82 Å². The van der Waals surface area contributed by atoms with Crippen LogP contribution < -0.4 is 4.74 Å². The van der Waals surface area contributed by atoms with Gasteiger partial charge in [0.25, 0.3) is 0 Å². The molecule has 6 heteroatoms. The quantitative estimate of drug-likeness (QED) is 0.389. The van der Waals surface area contributed by atoms with Crippen LogP contribution >= 0.6 is 11.9 Å². The summed E-state index contributed by atoms with van der Waals surface area (Å²) in [6.07, 6.45) is 6.21. The average Bonchev–Trinajstić information content (AvgIpc) is 3.21. The van der Waals surface area contributed by atoms with Crippen molar-refractivity contribution in [2.75, 3.05) is 19.3 Å². The molecule has 0 bridgehead atoms. The molecule has 4 aromatic rings. The minimum Gasteiger partial charge on any atom is -0.490 e. The maximum absolute atomic E-state index is 6.48. The number of aromatic nitrogens is 3. The van der Waals surface area contributed by atoms with Gasteiger partial charge in [-0.25, -0.2) is 4.98 Å². The van der Waals surface area contributed by atoms with Crippen molar-refractivity contribution in [2.45, 2.75) is 32.4 Å². The molecule has 0 N–H and O–H groups in total. The Morgan fingerprint density at radius 1 is 1.00 bits per heavy atom. The SMILES string of the molecule is CSn1c(-c2nccc(OC3CCN(Cc4ccccc4)CC3)c2C)nc2ccccc21. The lowest BCUT2D eigenvalue weighted by Gasteiger charge is -2.32. The molecule has 3 heterocycles. The molecule has 32 heavy (non-hydrogen) atoms. The molecule has 0 saturated carbocycles. The fourth-order valence-corrected chi connectivity index (χ4v) is 5.07. The van der Waals surface area contributed by atoms with E-state index in [0.717, 1.165) is 66.3 Å². The van der Waals surface area contributed by atoms with Gasteiger partial charge in [0.05, 0.1) is 11.0 Å². The van der Waals surface area contributed by atoms with E-state index in [1.54, 1.807) is 11.9 Å². The lowest BCUT2D eigenvalue weighted by molar-refractivity contribution is 0.0962. The van der Waals surface area contributed by atoms with E-state index < -0.39 is 0 Å². The van der Waals surface area contributed by atoms with Crippen LogP contribution in [0.4, 0.5) is 0 Å². The van der Waals surface area contributed by atoms with Gasteiger partial charge in [-0.2, -0.15) is 0 Å². The summed E-state index contributed by atoms with van der Waals surface area (Å²) < 4.78 is 8.63. The average molecular weight is 445 g/mol. The third kappa shape index (κ3) is 4.25. The highest BCUT2D eigenvalue weighted by Gasteiger charge is 2.23. The number of nitrogens with zero attached hydrogens (tertiary/aromatic N) is 4. The molecule has 5 rings (SSSR count). The van der Waals surface area contributed by atoms with Crippen LogP contribution in [0, 0.1) is 6.92 Å². The van der Waals surface area contributed by atoms with Crippen LogP contribution in [0.1, 0.15) is 24.0 Å². The van der Waals surface area contributed by atoms with Crippen molar-refractivity contribution >= 4 is 23.0 Å². The Hall–Kier alpha value is -2.83. The molecule has 164 valence electrons. The number of imidazole rings is 1. The summed E-state index contributed by atoms with van der Waals surface area (Å²) in [6.45, 7) is 5.21. The molecule has 1 aliphatic heterocycles. The number of benzene rings is 2. The van der Waals surface area contributed by atoms with E-state index in [1.807, 2.05) is 30.5 Å². The Labute approximate surface area is 193 Å². The van der Waals surface area contributed by atoms with E-state index in [1.165, 1.54) is 5.56 Å². The normalized spacial score (nSPS) is 15.3. The van der Waals surface area contributed by atoms with Gasteiger partial charge in [0.2, 0.25) is 0 Å². The summed E-state index contributed by atoms with van der Waals surface area (Å²) in [6, 6.07) is 20.9. The van der Waals surface area contributed by atoms with Gasteiger partial charge in [0.1, 0.15) is 17.5 Å². The minimum absolute atomic E-state index is 0.232. The van der Waals surface area contributed by atoms with E-state index in [4.69, 9.17) is 9.72 Å². The van der Waals surface area contributed by atoms with Crippen LogP contribution in [0.3, 0.4) is 0 Å². The summed E-state index contributed by atoms with van der Waals surface area (Å²) >= 11 is 1.65. The second kappa shape index (κ2) is 9.35. The molecule has 0 amide bonds. The summed E-state index contributed by atoms with van der Waals surface area (Å²) in [5.41, 5.74) is 5.39. The van der Waals surface area contributed by atoms with Crippen molar-refractivity contribution in [2.24, 2.45) is 0 Å². The van der Waals surface area contributed by atoms with E-state index in [2.05, 4.69) is 63.4 Å². The Bertz CT molecular complexity index is 1200.